The summed E-state index contributed by atoms with van der Waals surface area (Å²) < 4.78 is 0. The highest BCUT2D eigenvalue weighted by Crippen LogP contribution is 2.46. The second-order valence-corrected chi connectivity index (χ2v) is 7.73. The Morgan fingerprint density at radius 1 is 1.33 bits per heavy atom. The van der Waals surface area contributed by atoms with Crippen molar-refractivity contribution in [3.05, 3.63) is 27.7 Å². The topological polar surface area (TPSA) is 61.4 Å². The number of rotatable bonds is 2. The maximum absolute atomic E-state index is 12.6. The van der Waals surface area contributed by atoms with E-state index in [0.29, 0.717) is 41.7 Å². The van der Waals surface area contributed by atoms with Gasteiger partial charge >= 0.3 is 0 Å². The van der Waals surface area contributed by atoms with Crippen LogP contribution in [0, 0.1) is 0 Å². The zero-order chi connectivity index (χ0) is 16.9. The van der Waals surface area contributed by atoms with Crippen molar-refractivity contribution in [1.82, 2.24) is 10.2 Å². The number of anilines is 1. The molecular formula is C17H19Cl2N3O2. The molecule has 24 heavy (non-hydrogen) atoms. The SMILES string of the molecule is O=C(C[C@@H]1CCCN1)N1CC[C@]2(C1)C(=O)Nc1cc(Cl)c(Cl)cc12. The fourth-order valence-electron chi connectivity index (χ4n) is 4.11. The molecule has 2 atom stereocenters. The van der Waals surface area contributed by atoms with Crippen LogP contribution in [0.2, 0.25) is 10.0 Å². The summed E-state index contributed by atoms with van der Waals surface area (Å²) in [7, 11) is 0. The molecule has 0 saturated carbocycles. The van der Waals surface area contributed by atoms with E-state index in [0.717, 1.165) is 24.9 Å². The number of likely N-dealkylation sites (tertiary alicyclic amines) is 1. The zero-order valence-electron chi connectivity index (χ0n) is 13.2. The van der Waals surface area contributed by atoms with Crippen molar-refractivity contribution >= 4 is 40.7 Å². The van der Waals surface area contributed by atoms with Gasteiger partial charge in [0.05, 0.1) is 15.5 Å². The first kappa shape index (κ1) is 16.2. The van der Waals surface area contributed by atoms with Crippen LogP contribution in [-0.2, 0) is 15.0 Å². The molecule has 2 fully saturated rings. The highest BCUT2D eigenvalue weighted by molar-refractivity contribution is 6.42. The van der Waals surface area contributed by atoms with Gasteiger partial charge in [-0.15, -0.1) is 0 Å². The number of fused-ring (bicyclic) bond motifs is 2. The number of halogens is 2. The third-order valence-electron chi connectivity index (χ3n) is 5.46. The molecular weight excluding hydrogens is 349 g/mol. The summed E-state index contributed by atoms with van der Waals surface area (Å²) >= 11 is 12.2. The number of carbonyl (C=O) groups excluding carboxylic acids is 2. The van der Waals surface area contributed by atoms with Crippen molar-refractivity contribution in [3.8, 4) is 0 Å². The summed E-state index contributed by atoms with van der Waals surface area (Å²) in [6, 6.07) is 3.73. The Labute approximate surface area is 150 Å². The number of benzene rings is 1. The van der Waals surface area contributed by atoms with E-state index in [2.05, 4.69) is 10.6 Å². The number of hydrogen-bond donors (Lipinski definition) is 2. The van der Waals surface area contributed by atoms with Crippen LogP contribution in [0.1, 0.15) is 31.2 Å². The molecule has 3 aliphatic heterocycles. The van der Waals surface area contributed by atoms with Gasteiger partial charge in [-0.2, -0.15) is 0 Å². The van der Waals surface area contributed by atoms with Gasteiger partial charge in [-0.25, -0.2) is 0 Å². The van der Waals surface area contributed by atoms with Gasteiger partial charge in [0.25, 0.3) is 0 Å². The van der Waals surface area contributed by atoms with Crippen LogP contribution < -0.4 is 10.6 Å². The molecule has 3 aliphatic rings. The Morgan fingerprint density at radius 2 is 2.12 bits per heavy atom. The lowest BCUT2D eigenvalue weighted by Gasteiger charge is -2.23. The molecule has 2 amide bonds. The number of amides is 2. The van der Waals surface area contributed by atoms with Gasteiger partial charge in [0.15, 0.2) is 0 Å². The summed E-state index contributed by atoms with van der Waals surface area (Å²) in [6.07, 6.45) is 3.29. The van der Waals surface area contributed by atoms with E-state index in [4.69, 9.17) is 23.2 Å². The molecule has 5 nitrogen and oxygen atoms in total. The Morgan fingerprint density at radius 3 is 2.88 bits per heavy atom. The molecule has 0 aromatic heterocycles. The van der Waals surface area contributed by atoms with Gasteiger partial charge in [0, 0.05) is 31.2 Å². The number of nitrogens with one attached hydrogen (secondary N) is 2. The Hall–Kier alpha value is -1.30. The second-order valence-electron chi connectivity index (χ2n) is 6.91. The fraction of sp³-hybridized carbons (Fsp3) is 0.529. The summed E-state index contributed by atoms with van der Waals surface area (Å²) in [6.45, 7) is 1.99. The van der Waals surface area contributed by atoms with Crippen LogP contribution in [0.4, 0.5) is 5.69 Å². The molecule has 7 heteroatoms. The van der Waals surface area contributed by atoms with E-state index in [9.17, 15) is 9.59 Å². The van der Waals surface area contributed by atoms with Crippen molar-refractivity contribution in [3.63, 3.8) is 0 Å². The number of hydrogen-bond acceptors (Lipinski definition) is 3. The maximum Gasteiger partial charge on any atom is 0.237 e. The summed E-state index contributed by atoms with van der Waals surface area (Å²) in [4.78, 5) is 27.0. The minimum absolute atomic E-state index is 0.0647. The minimum atomic E-state index is -0.692. The quantitative estimate of drug-likeness (QED) is 0.844. The fourth-order valence-corrected chi connectivity index (χ4v) is 4.44. The standard InChI is InChI=1S/C17H19Cl2N3O2/c18-12-7-11-14(8-13(12)19)21-16(24)17(11)3-5-22(9-17)15(23)6-10-2-1-4-20-10/h7-8,10,20H,1-6,9H2,(H,21,24)/t10-,17+/m0/s1. The van der Waals surface area contributed by atoms with E-state index in [1.54, 1.807) is 12.1 Å². The van der Waals surface area contributed by atoms with Gasteiger partial charge in [-0.3, -0.25) is 9.59 Å². The first-order valence-electron chi connectivity index (χ1n) is 8.32. The van der Waals surface area contributed by atoms with Crippen LogP contribution in [0.5, 0.6) is 0 Å². The minimum Gasteiger partial charge on any atom is -0.341 e. The van der Waals surface area contributed by atoms with Gasteiger partial charge in [-0.1, -0.05) is 23.2 Å². The summed E-state index contributed by atoms with van der Waals surface area (Å²) in [5, 5.41) is 7.11. The molecule has 0 aliphatic carbocycles. The van der Waals surface area contributed by atoms with E-state index < -0.39 is 5.41 Å². The Bertz CT molecular complexity index is 718. The van der Waals surface area contributed by atoms with Gasteiger partial charge < -0.3 is 15.5 Å². The van der Waals surface area contributed by atoms with E-state index in [1.165, 1.54) is 0 Å². The maximum atomic E-state index is 12.6. The molecule has 1 aromatic rings. The van der Waals surface area contributed by atoms with Crippen LogP contribution in [0.3, 0.4) is 0 Å². The monoisotopic (exact) mass is 367 g/mol. The smallest absolute Gasteiger partial charge is 0.237 e. The van der Waals surface area contributed by atoms with E-state index >= 15 is 0 Å². The first-order chi connectivity index (χ1) is 11.5. The van der Waals surface area contributed by atoms with Gasteiger partial charge in [0.1, 0.15) is 0 Å². The second kappa shape index (κ2) is 5.90. The third kappa shape index (κ3) is 2.50. The molecule has 2 saturated heterocycles. The number of nitrogens with zero attached hydrogens (tertiary/aromatic N) is 1. The molecule has 1 aromatic carbocycles. The molecule has 128 valence electrons. The van der Waals surface area contributed by atoms with Crippen LogP contribution >= 0.6 is 23.2 Å². The lowest BCUT2D eigenvalue weighted by molar-refractivity contribution is -0.131. The summed E-state index contributed by atoms with van der Waals surface area (Å²) in [5.41, 5.74) is 0.875. The van der Waals surface area contributed by atoms with Gasteiger partial charge in [-0.05, 0) is 43.5 Å². The van der Waals surface area contributed by atoms with Crippen molar-refractivity contribution in [1.29, 1.82) is 0 Å². The third-order valence-corrected chi connectivity index (χ3v) is 6.19. The first-order valence-corrected chi connectivity index (χ1v) is 9.07. The average molecular weight is 368 g/mol. The molecule has 3 heterocycles. The predicted octanol–water partition coefficient (Wildman–Crippen LogP) is 2.56. The van der Waals surface area contributed by atoms with Crippen LogP contribution in [0.15, 0.2) is 12.1 Å². The normalized spacial score (nSPS) is 28.5. The van der Waals surface area contributed by atoms with Crippen molar-refractivity contribution in [2.75, 3.05) is 25.0 Å². The van der Waals surface area contributed by atoms with Crippen molar-refractivity contribution < 1.29 is 9.59 Å². The number of carbonyl (C=O) groups is 2. The highest BCUT2D eigenvalue weighted by atomic mass is 35.5. The van der Waals surface area contributed by atoms with E-state index in [-0.39, 0.29) is 17.9 Å². The van der Waals surface area contributed by atoms with Crippen LogP contribution in [0.25, 0.3) is 0 Å². The van der Waals surface area contributed by atoms with Crippen LogP contribution in [-0.4, -0.2) is 42.4 Å². The molecule has 0 radical (unpaired) electrons. The molecule has 0 bridgehead atoms. The Balaban J connectivity index is 1.56. The lowest BCUT2D eigenvalue weighted by Crippen LogP contribution is -2.40. The average Bonchev–Trinajstić information content (AvgIpc) is 3.24. The molecule has 2 N–H and O–H groups in total. The predicted molar refractivity (Wildman–Crippen MR) is 93.6 cm³/mol. The van der Waals surface area contributed by atoms with E-state index in [1.807, 2.05) is 4.90 Å². The van der Waals surface area contributed by atoms with Crippen molar-refractivity contribution in [2.45, 2.75) is 37.1 Å². The summed E-state index contributed by atoms with van der Waals surface area (Å²) in [5.74, 6) is 0.0534. The molecule has 1 spiro atoms. The highest BCUT2D eigenvalue weighted by Gasteiger charge is 2.52. The Kier molecular flexibility index (Phi) is 3.98. The largest absolute Gasteiger partial charge is 0.341 e. The zero-order valence-corrected chi connectivity index (χ0v) is 14.7. The molecule has 4 rings (SSSR count). The van der Waals surface area contributed by atoms with Gasteiger partial charge in [0.2, 0.25) is 11.8 Å². The van der Waals surface area contributed by atoms with Crippen molar-refractivity contribution in [2.24, 2.45) is 0 Å². The molecule has 0 unspecified atom stereocenters. The lowest BCUT2D eigenvalue weighted by atomic mass is 9.81.